The van der Waals surface area contributed by atoms with Crippen LogP contribution in [-0.4, -0.2) is 37.6 Å². The highest BCUT2D eigenvalue weighted by Gasteiger charge is 2.09. The third kappa shape index (κ3) is 4.24. The molecule has 0 saturated heterocycles. The summed E-state index contributed by atoms with van der Waals surface area (Å²) in [5.41, 5.74) is 2.96. The molecule has 1 N–H and O–H groups in total. The van der Waals surface area contributed by atoms with Gasteiger partial charge in [0.1, 0.15) is 0 Å². The van der Waals surface area contributed by atoms with Crippen LogP contribution >= 0.6 is 0 Å². The van der Waals surface area contributed by atoms with Crippen molar-refractivity contribution in [2.45, 2.75) is 26.9 Å². The molecule has 0 unspecified atom stereocenters. The summed E-state index contributed by atoms with van der Waals surface area (Å²) in [6.07, 6.45) is 0. The zero-order valence-corrected chi connectivity index (χ0v) is 15.0. The molecule has 1 aromatic heterocycles. The van der Waals surface area contributed by atoms with E-state index in [1.807, 2.05) is 61.5 Å². The SMILES string of the molecule is CCN(Cc1cccc(NCc2nnnn2-c2ccccc2)c1)C(C)=O. The Kier molecular flexibility index (Phi) is 5.58. The van der Waals surface area contributed by atoms with E-state index in [2.05, 4.69) is 20.8 Å². The number of aromatic nitrogens is 4. The third-order valence-corrected chi connectivity index (χ3v) is 4.11. The molecule has 1 amide bonds. The number of carbonyl (C=O) groups is 1. The molecule has 0 atom stereocenters. The number of hydrogen-bond acceptors (Lipinski definition) is 5. The van der Waals surface area contributed by atoms with Crippen molar-refractivity contribution in [2.24, 2.45) is 0 Å². The van der Waals surface area contributed by atoms with Gasteiger partial charge in [-0.2, -0.15) is 4.68 Å². The number of hydrogen-bond donors (Lipinski definition) is 1. The van der Waals surface area contributed by atoms with Gasteiger partial charge in [0.25, 0.3) is 0 Å². The Bertz CT molecular complexity index is 861. The summed E-state index contributed by atoms with van der Waals surface area (Å²) in [5, 5.41) is 15.3. The second kappa shape index (κ2) is 8.24. The lowest BCUT2D eigenvalue weighted by Crippen LogP contribution is -2.27. The van der Waals surface area contributed by atoms with Crippen molar-refractivity contribution in [2.75, 3.05) is 11.9 Å². The van der Waals surface area contributed by atoms with Crippen LogP contribution < -0.4 is 5.32 Å². The minimum atomic E-state index is 0.0768. The molecule has 134 valence electrons. The van der Waals surface area contributed by atoms with Gasteiger partial charge in [-0.1, -0.05) is 30.3 Å². The molecular formula is C19H22N6O. The molecule has 0 aliphatic carbocycles. The van der Waals surface area contributed by atoms with Gasteiger partial charge in [-0.15, -0.1) is 5.10 Å². The van der Waals surface area contributed by atoms with Crippen LogP contribution in [0, 0.1) is 0 Å². The fourth-order valence-corrected chi connectivity index (χ4v) is 2.71. The van der Waals surface area contributed by atoms with E-state index in [0.29, 0.717) is 19.6 Å². The second-order valence-electron chi connectivity index (χ2n) is 5.93. The largest absolute Gasteiger partial charge is 0.378 e. The predicted molar refractivity (Wildman–Crippen MR) is 99.7 cm³/mol. The molecule has 0 saturated carbocycles. The molecule has 0 aliphatic heterocycles. The van der Waals surface area contributed by atoms with Crippen LogP contribution in [0.15, 0.2) is 54.6 Å². The molecule has 26 heavy (non-hydrogen) atoms. The first kappa shape index (κ1) is 17.6. The zero-order chi connectivity index (χ0) is 18.4. The van der Waals surface area contributed by atoms with E-state index in [0.717, 1.165) is 22.8 Å². The van der Waals surface area contributed by atoms with Gasteiger partial charge in [-0.3, -0.25) is 4.79 Å². The van der Waals surface area contributed by atoms with Gasteiger partial charge in [-0.05, 0) is 47.2 Å². The molecular weight excluding hydrogens is 328 g/mol. The van der Waals surface area contributed by atoms with Crippen molar-refractivity contribution in [1.29, 1.82) is 0 Å². The number of carbonyl (C=O) groups excluding carboxylic acids is 1. The van der Waals surface area contributed by atoms with E-state index in [1.54, 1.807) is 16.5 Å². The Morgan fingerprint density at radius 3 is 2.69 bits per heavy atom. The average molecular weight is 350 g/mol. The fourth-order valence-electron chi connectivity index (χ4n) is 2.71. The number of tetrazole rings is 1. The van der Waals surface area contributed by atoms with Crippen molar-refractivity contribution >= 4 is 11.6 Å². The smallest absolute Gasteiger partial charge is 0.219 e. The molecule has 3 rings (SSSR count). The highest BCUT2D eigenvalue weighted by atomic mass is 16.2. The number of nitrogens with zero attached hydrogens (tertiary/aromatic N) is 5. The molecule has 0 spiro atoms. The Hall–Kier alpha value is -3.22. The topological polar surface area (TPSA) is 75.9 Å². The van der Waals surface area contributed by atoms with Crippen molar-refractivity contribution < 1.29 is 4.79 Å². The summed E-state index contributed by atoms with van der Waals surface area (Å²) in [6, 6.07) is 17.8. The quantitative estimate of drug-likeness (QED) is 0.709. The number of anilines is 1. The summed E-state index contributed by atoms with van der Waals surface area (Å²) in [6.45, 7) is 5.36. The van der Waals surface area contributed by atoms with Gasteiger partial charge in [0, 0.05) is 25.7 Å². The second-order valence-corrected chi connectivity index (χ2v) is 5.93. The molecule has 0 aliphatic rings. The number of para-hydroxylation sites is 1. The maximum Gasteiger partial charge on any atom is 0.219 e. The van der Waals surface area contributed by atoms with Crippen LogP contribution in [0.1, 0.15) is 25.2 Å². The number of rotatable bonds is 7. The van der Waals surface area contributed by atoms with Gasteiger partial charge in [0.15, 0.2) is 5.82 Å². The molecule has 1 heterocycles. The van der Waals surface area contributed by atoms with E-state index in [-0.39, 0.29) is 5.91 Å². The summed E-state index contributed by atoms with van der Waals surface area (Å²) in [4.78, 5) is 13.4. The van der Waals surface area contributed by atoms with E-state index in [4.69, 9.17) is 0 Å². The highest BCUT2D eigenvalue weighted by Crippen LogP contribution is 2.14. The summed E-state index contributed by atoms with van der Waals surface area (Å²) in [5.74, 6) is 0.799. The minimum Gasteiger partial charge on any atom is -0.378 e. The van der Waals surface area contributed by atoms with Gasteiger partial charge in [-0.25, -0.2) is 0 Å². The lowest BCUT2D eigenvalue weighted by Gasteiger charge is -2.19. The van der Waals surface area contributed by atoms with Crippen molar-refractivity contribution in [1.82, 2.24) is 25.1 Å². The monoisotopic (exact) mass is 350 g/mol. The molecule has 7 heteroatoms. The Morgan fingerprint density at radius 1 is 1.15 bits per heavy atom. The molecule has 0 bridgehead atoms. The maximum absolute atomic E-state index is 11.6. The lowest BCUT2D eigenvalue weighted by atomic mass is 10.2. The Balaban J connectivity index is 1.69. The van der Waals surface area contributed by atoms with Gasteiger partial charge in [0.2, 0.25) is 5.91 Å². The Labute approximate surface area is 152 Å². The third-order valence-electron chi connectivity index (χ3n) is 4.11. The van der Waals surface area contributed by atoms with Gasteiger partial charge >= 0.3 is 0 Å². The first-order chi connectivity index (χ1) is 12.7. The Morgan fingerprint density at radius 2 is 1.96 bits per heavy atom. The summed E-state index contributed by atoms with van der Waals surface area (Å²) in [7, 11) is 0. The standard InChI is InChI=1S/C19H22N6O/c1-3-24(15(2)26)14-16-8-7-9-17(12-16)20-13-19-21-22-23-25(19)18-10-5-4-6-11-18/h4-12,20H,3,13-14H2,1-2H3. The molecule has 0 radical (unpaired) electrons. The van der Waals surface area contributed by atoms with Crippen molar-refractivity contribution in [3.8, 4) is 5.69 Å². The van der Waals surface area contributed by atoms with Gasteiger partial charge < -0.3 is 10.2 Å². The summed E-state index contributed by atoms with van der Waals surface area (Å²) >= 11 is 0. The van der Waals surface area contributed by atoms with Crippen LogP contribution in [0.2, 0.25) is 0 Å². The number of benzene rings is 2. The molecule has 0 fully saturated rings. The van der Waals surface area contributed by atoms with E-state index in [1.165, 1.54) is 0 Å². The maximum atomic E-state index is 11.6. The lowest BCUT2D eigenvalue weighted by molar-refractivity contribution is -0.129. The molecule has 7 nitrogen and oxygen atoms in total. The average Bonchev–Trinajstić information content (AvgIpc) is 3.14. The van der Waals surface area contributed by atoms with Crippen molar-refractivity contribution in [3.63, 3.8) is 0 Å². The van der Waals surface area contributed by atoms with E-state index in [9.17, 15) is 4.79 Å². The van der Waals surface area contributed by atoms with Crippen molar-refractivity contribution in [3.05, 3.63) is 66.0 Å². The highest BCUT2D eigenvalue weighted by molar-refractivity contribution is 5.73. The van der Waals surface area contributed by atoms with Crippen LogP contribution in [0.25, 0.3) is 5.69 Å². The van der Waals surface area contributed by atoms with Crippen LogP contribution in [0.5, 0.6) is 0 Å². The number of amides is 1. The van der Waals surface area contributed by atoms with Crippen LogP contribution in [-0.2, 0) is 17.9 Å². The summed E-state index contributed by atoms with van der Waals surface area (Å²) < 4.78 is 1.71. The first-order valence-corrected chi connectivity index (χ1v) is 8.58. The number of nitrogens with one attached hydrogen (secondary N) is 1. The van der Waals surface area contributed by atoms with Crippen LogP contribution in [0.4, 0.5) is 5.69 Å². The predicted octanol–water partition coefficient (Wildman–Crippen LogP) is 2.64. The zero-order valence-electron chi connectivity index (χ0n) is 15.0. The van der Waals surface area contributed by atoms with Gasteiger partial charge in [0.05, 0.1) is 12.2 Å². The van der Waals surface area contributed by atoms with Crippen LogP contribution in [0.3, 0.4) is 0 Å². The fraction of sp³-hybridized carbons (Fsp3) is 0.263. The van der Waals surface area contributed by atoms with E-state index >= 15 is 0 Å². The molecule has 2 aromatic carbocycles. The van der Waals surface area contributed by atoms with E-state index < -0.39 is 0 Å². The normalized spacial score (nSPS) is 10.5. The minimum absolute atomic E-state index is 0.0768. The molecule has 3 aromatic rings. The first-order valence-electron chi connectivity index (χ1n) is 8.58.